The molecule has 3 fully saturated rings. The first kappa shape index (κ1) is 16.0. The molecule has 1 spiro atoms. The number of rotatable bonds is 3. The summed E-state index contributed by atoms with van der Waals surface area (Å²) in [6.07, 6.45) is 8.22. The van der Waals surface area contributed by atoms with Crippen molar-refractivity contribution in [2.75, 3.05) is 7.11 Å². The summed E-state index contributed by atoms with van der Waals surface area (Å²) in [6, 6.07) is 11.8. The highest BCUT2D eigenvalue weighted by Crippen LogP contribution is 2.73. The summed E-state index contributed by atoms with van der Waals surface area (Å²) in [5, 5.41) is 7.50. The number of amides is 2. The highest BCUT2D eigenvalue weighted by atomic mass is 16.5. The number of ether oxygens (including phenoxy) is 1. The largest absolute Gasteiger partial charge is 0.496 e. The van der Waals surface area contributed by atoms with E-state index in [2.05, 4.69) is 17.3 Å². The summed E-state index contributed by atoms with van der Waals surface area (Å²) in [5.74, 6) is 0.355. The van der Waals surface area contributed by atoms with Crippen LogP contribution >= 0.6 is 0 Å². The Hall–Kier alpha value is -2.95. The van der Waals surface area contributed by atoms with Gasteiger partial charge in [0, 0.05) is 5.56 Å². The molecule has 1 aliphatic heterocycles. The molecule has 1 heterocycles. The average Bonchev–Trinajstić information content (AvgIpc) is 3.32. The molecule has 2 amide bonds. The Bertz CT molecular complexity index is 1060. The number of nitrogens with zero attached hydrogens (tertiary/aromatic N) is 2. The Kier molecular flexibility index (Phi) is 3.04. The molecule has 5 nitrogen and oxygen atoms in total. The van der Waals surface area contributed by atoms with Crippen molar-refractivity contribution in [3.05, 3.63) is 54.1 Å². The predicted molar refractivity (Wildman–Crippen MR) is 105 cm³/mol. The maximum Gasteiger partial charge on any atom is 0.254 e. The van der Waals surface area contributed by atoms with Crippen LogP contribution in [0.4, 0.5) is 0 Å². The van der Waals surface area contributed by atoms with Crippen LogP contribution in [0.2, 0.25) is 0 Å². The van der Waals surface area contributed by atoms with Gasteiger partial charge in [-0.05, 0) is 46.9 Å². The van der Waals surface area contributed by atoms with Crippen molar-refractivity contribution in [2.24, 2.45) is 34.2 Å². The van der Waals surface area contributed by atoms with Gasteiger partial charge in [0.2, 0.25) is 0 Å². The number of carbonyl (C=O) groups excluding carboxylic acids is 2. The molecule has 4 atom stereocenters. The first-order valence-corrected chi connectivity index (χ1v) is 9.81. The van der Waals surface area contributed by atoms with Crippen molar-refractivity contribution in [3.63, 3.8) is 0 Å². The Morgan fingerprint density at radius 3 is 2.36 bits per heavy atom. The van der Waals surface area contributed by atoms with Crippen LogP contribution in [-0.4, -0.2) is 30.1 Å². The molecule has 0 aromatic heterocycles. The van der Waals surface area contributed by atoms with E-state index in [9.17, 15) is 9.59 Å². The predicted octanol–water partition coefficient (Wildman–Crippen LogP) is 3.38. The number of imide groups is 1. The number of methoxy groups -OCH3 is 1. The second-order valence-electron chi connectivity index (χ2n) is 8.36. The van der Waals surface area contributed by atoms with E-state index in [1.807, 2.05) is 36.4 Å². The molecule has 2 bridgehead atoms. The lowest BCUT2D eigenvalue weighted by Gasteiger charge is -2.18. The van der Waals surface area contributed by atoms with Crippen LogP contribution in [0.5, 0.6) is 5.75 Å². The van der Waals surface area contributed by atoms with Gasteiger partial charge < -0.3 is 4.74 Å². The zero-order valence-corrected chi connectivity index (χ0v) is 15.5. The second-order valence-corrected chi connectivity index (χ2v) is 8.36. The standard InChI is InChI=1S/C23H20N2O3/c1-28-18-9-6-13-4-2-3-5-14(13)15(18)12-24-25-21(26)19-16-7-8-17(20(19)22(25)27)23(16)10-11-23/h2-9,12,16-17,19-20H,10-11H2,1H3/b24-12-/t16-,17-,19-,20-/m1/s1. The van der Waals surface area contributed by atoms with Crippen LogP contribution in [0.25, 0.3) is 10.8 Å². The SMILES string of the molecule is COc1ccc2ccccc2c1/C=N\N1C(=O)[C@H]2[C@H](C1=O)[C@H]1C=C[C@H]2C12CC2. The number of hydrogen-bond acceptors (Lipinski definition) is 4. The fraction of sp³-hybridized carbons (Fsp3) is 0.348. The van der Waals surface area contributed by atoms with Crippen LogP contribution < -0.4 is 4.74 Å². The molecule has 0 radical (unpaired) electrons. The molecule has 28 heavy (non-hydrogen) atoms. The smallest absolute Gasteiger partial charge is 0.254 e. The molecule has 3 aliphatic carbocycles. The molecule has 0 unspecified atom stereocenters. The second kappa shape index (κ2) is 5.31. The average molecular weight is 372 g/mol. The van der Waals surface area contributed by atoms with E-state index in [-0.39, 0.29) is 40.9 Å². The Morgan fingerprint density at radius 2 is 1.71 bits per heavy atom. The lowest BCUT2D eigenvalue weighted by Crippen LogP contribution is -2.30. The fourth-order valence-corrected chi connectivity index (χ4v) is 5.88. The van der Waals surface area contributed by atoms with Crippen molar-refractivity contribution >= 4 is 28.8 Å². The topological polar surface area (TPSA) is 59.0 Å². The Balaban J connectivity index is 1.37. The van der Waals surface area contributed by atoms with Crippen LogP contribution in [-0.2, 0) is 9.59 Å². The summed E-state index contributed by atoms with van der Waals surface area (Å²) in [4.78, 5) is 26.1. The minimum absolute atomic E-state index is 0.145. The van der Waals surface area contributed by atoms with Crippen LogP contribution in [0.1, 0.15) is 18.4 Å². The normalized spacial score (nSPS) is 31.5. The van der Waals surface area contributed by atoms with Gasteiger partial charge in [0.1, 0.15) is 5.75 Å². The van der Waals surface area contributed by atoms with Crippen LogP contribution in [0.3, 0.4) is 0 Å². The third-order valence-electron chi connectivity index (χ3n) is 7.28. The Labute approximate surface area is 162 Å². The molecule has 1 saturated heterocycles. The van der Waals surface area contributed by atoms with Crippen molar-refractivity contribution in [2.45, 2.75) is 12.8 Å². The van der Waals surface area contributed by atoms with Crippen LogP contribution in [0.15, 0.2) is 53.7 Å². The summed E-state index contributed by atoms with van der Waals surface area (Å²) in [7, 11) is 1.61. The third kappa shape index (κ3) is 1.84. The number of hydrogen-bond donors (Lipinski definition) is 0. The number of fused-ring (bicyclic) bond motifs is 4. The van der Waals surface area contributed by atoms with Crippen molar-refractivity contribution < 1.29 is 14.3 Å². The minimum Gasteiger partial charge on any atom is -0.496 e. The van der Waals surface area contributed by atoms with E-state index in [1.165, 1.54) is 0 Å². The van der Waals surface area contributed by atoms with Crippen molar-refractivity contribution in [1.82, 2.24) is 5.01 Å². The maximum absolute atomic E-state index is 13.1. The lowest BCUT2D eigenvalue weighted by molar-refractivity contribution is -0.141. The summed E-state index contributed by atoms with van der Waals surface area (Å²) >= 11 is 0. The zero-order valence-electron chi connectivity index (χ0n) is 15.5. The van der Waals surface area contributed by atoms with Gasteiger partial charge in [0.05, 0.1) is 25.2 Å². The first-order valence-electron chi connectivity index (χ1n) is 9.81. The summed E-state index contributed by atoms with van der Waals surface area (Å²) in [5.41, 5.74) is 0.980. The van der Waals surface area contributed by atoms with Crippen molar-refractivity contribution in [1.29, 1.82) is 0 Å². The fourth-order valence-electron chi connectivity index (χ4n) is 5.88. The van der Waals surface area contributed by atoms with E-state index in [1.54, 1.807) is 13.3 Å². The van der Waals surface area contributed by atoms with E-state index in [0.29, 0.717) is 5.75 Å². The molecule has 5 heteroatoms. The third-order valence-corrected chi connectivity index (χ3v) is 7.28. The van der Waals surface area contributed by atoms with Crippen molar-refractivity contribution in [3.8, 4) is 5.75 Å². The lowest BCUT2D eigenvalue weighted by atomic mass is 9.85. The number of hydrazone groups is 1. The molecule has 2 aromatic carbocycles. The van der Waals surface area contributed by atoms with Gasteiger partial charge in [-0.2, -0.15) is 10.1 Å². The van der Waals surface area contributed by atoms with Gasteiger partial charge >= 0.3 is 0 Å². The van der Waals surface area contributed by atoms with Gasteiger partial charge in [0.25, 0.3) is 11.8 Å². The molecule has 2 saturated carbocycles. The number of benzene rings is 2. The number of carbonyl (C=O) groups is 2. The highest BCUT2D eigenvalue weighted by Gasteiger charge is 2.73. The molecule has 140 valence electrons. The van der Waals surface area contributed by atoms with Gasteiger partial charge in [-0.3, -0.25) is 9.59 Å². The summed E-state index contributed by atoms with van der Waals surface area (Å²) < 4.78 is 5.49. The number of allylic oxidation sites excluding steroid dienone is 2. The first-order chi connectivity index (χ1) is 13.7. The van der Waals surface area contributed by atoms with E-state index < -0.39 is 0 Å². The van der Waals surface area contributed by atoms with Gasteiger partial charge in [-0.1, -0.05) is 42.5 Å². The quantitative estimate of drug-likeness (QED) is 0.471. The molecular weight excluding hydrogens is 352 g/mol. The molecule has 4 aliphatic rings. The Morgan fingerprint density at radius 1 is 1.04 bits per heavy atom. The minimum atomic E-state index is -0.225. The zero-order chi connectivity index (χ0) is 19.0. The molecule has 2 aromatic rings. The van der Waals surface area contributed by atoms with Crippen LogP contribution in [0, 0.1) is 29.1 Å². The summed E-state index contributed by atoms with van der Waals surface area (Å²) in [6.45, 7) is 0. The van der Waals surface area contributed by atoms with Gasteiger partial charge in [0.15, 0.2) is 0 Å². The monoisotopic (exact) mass is 372 g/mol. The van der Waals surface area contributed by atoms with E-state index >= 15 is 0 Å². The molecule has 0 N–H and O–H groups in total. The van der Waals surface area contributed by atoms with Gasteiger partial charge in [-0.15, -0.1) is 0 Å². The van der Waals surface area contributed by atoms with Gasteiger partial charge in [-0.25, -0.2) is 0 Å². The maximum atomic E-state index is 13.1. The van der Waals surface area contributed by atoms with E-state index in [4.69, 9.17) is 4.74 Å². The molecular formula is C23H20N2O3. The molecule has 6 rings (SSSR count). The highest BCUT2D eigenvalue weighted by molar-refractivity contribution is 6.08. The van der Waals surface area contributed by atoms with E-state index in [0.717, 1.165) is 34.2 Å².